The fourth-order valence-corrected chi connectivity index (χ4v) is 2.06. The molecule has 0 spiro atoms. The van der Waals surface area contributed by atoms with E-state index in [9.17, 15) is 4.79 Å². The molecule has 0 aromatic carbocycles. The average molecular weight is 229 g/mol. The van der Waals surface area contributed by atoms with Gasteiger partial charge in [-0.15, -0.1) is 0 Å². The van der Waals surface area contributed by atoms with Crippen LogP contribution >= 0.6 is 0 Å². The first-order valence-corrected chi connectivity index (χ1v) is 5.37. The lowest BCUT2D eigenvalue weighted by molar-refractivity contribution is 0.159. The molecule has 0 bridgehead atoms. The zero-order valence-corrected chi connectivity index (χ0v) is 9.08. The molecule has 5 nitrogen and oxygen atoms in total. The number of nitrogens with zero attached hydrogens (tertiary/aromatic N) is 3. The SMILES string of the molecule is O=C(O)N1C=Cn2nc3c(c2C1)C=CC=CC3. The molecule has 2 aliphatic rings. The summed E-state index contributed by atoms with van der Waals surface area (Å²) in [6.45, 7) is 0.346. The molecule has 17 heavy (non-hydrogen) atoms. The zero-order chi connectivity index (χ0) is 11.8. The predicted octanol–water partition coefficient (Wildman–Crippen LogP) is 1.93. The van der Waals surface area contributed by atoms with Gasteiger partial charge in [0.05, 0.1) is 17.9 Å². The van der Waals surface area contributed by atoms with Crippen LogP contribution in [0.4, 0.5) is 4.79 Å². The van der Waals surface area contributed by atoms with Gasteiger partial charge in [0, 0.05) is 24.4 Å². The summed E-state index contributed by atoms with van der Waals surface area (Å²) in [5.41, 5.74) is 2.94. The van der Waals surface area contributed by atoms with E-state index in [-0.39, 0.29) is 0 Å². The Morgan fingerprint density at radius 3 is 3.06 bits per heavy atom. The number of rotatable bonds is 0. The van der Waals surface area contributed by atoms with E-state index in [1.165, 1.54) is 11.1 Å². The van der Waals surface area contributed by atoms with Crippen molar-refractivity contribution in [3.8, 4) is 0 Å². The van der Waals surface area contributed by atoms with Gasteiger partial charge >= 0.3 is 6.09 Å². The summed E-state index contributed by atoms with van der Waals surface area (Å²) >= 11 is 0. The van der Waals surface area contributed by atoms with Gasteiger partial charge < -0.3 is 5.11 Å². The second-order valence-corrected chi connectivity index (χ2v) is 3.95. The molecule has 0 saturated heterocycles. The Morgan fingerprint density at radius 2 is 2.24 bits per heavy atom. The molecule has 0 fully saturated rings. The molecule has 2 heterocycles. The maximum Gasteiger partial charge on any atom is 0.411 e. The van der Waals surface area contributed by atoms with E-state index in [1.807, 2.05) is 24.3 Å². The highest BCUT2D eigenvalue weighted by Crippen LogP contribution is 2.24. The molecule has 0 atom stereocenters. The normalized spacial score (nSPS) is 16.6. The van der Waals surface area contributed by atoms with Crippen LogP contribution in [-0.2, 0) is 13.0 Å². The Bertz CT molecular complexity index is 567. The first-order chi connectivity index (χ1) is 8.25. The number of fused-ring (bicyclic) bond motifs is 3. The molecule has 5 heteroatoms. The summed E-state index contributed by atoms with van der Waals surface area (Å²) in [5, 5.41) is 13.4. The fraction of sp³-hybridized carbons (Fsp3) is 0.167. The van der Waals surface area contributed by atoms with Gasteiger partial charge in [0.2, 0.25) is 0 Å². The summed E-state index contributed by atoms with van der Waals surface area (Å²) in [4.78, 5) is 12.2. The fourth-order valence-electron chi connectivity index (χ4n) is 2.06. The van der Waals surface area contributed by atoms with Crippen molar-refractivity contribution in [3.05, 3.63) is 41.4 Å². The van der Waals surface area contributed by atoms with Crippen LogP contribution in [0.1, 0.15) is 17.0 Å². The number of carbonyl (C=O) groups is 1. The standard InChI is InChI=1S/C12H11N3O2/c16-12(17)14-6-7-15-11(8-14)9-4-2-1-3-5-10(9)13-15/h1-4,6-7H,5,8H2,(H,16,17). The van der Waals surface area contributed by atoms with Crippen molar-refractivity contribution in [1.82, 2.24) is 14.7 Å². The van der Waals surface area contributed by atoms with Gasteiger partial charge in [0.15, 0.2) is 0 Å². The van der Waals surface area contributed by atoms with E-state index >= 15 is 0 Å². The summed E-state index contributed by atoms with van der Waals surface area (Å²) < 4.78 is 1.76. The number of carboxylic acid groups (broad SMARTS) is 1. The minimum absolute atomic E-state index is 0.346. The van der Waals surface area contributed by atoms with E-state index in [4.69, 9.17) is 5.11 Å². The second-order valence-electron chi connectivity index (χ2n) is 3.95. The van der Waals surface area contributed by atoms with Crippen LogP contribution in [-0.4, -0.2) is 25.9 Å². The first kappa shape index (κ1) is 9.89. The highest BCUT2D eigenvalue weighted by Gasteiger charge is 2.22. The topological polar surface area (TPSA) is 58.4 Å². The average Bonchev–Trinajstić information content (AvgIpc) is 2.51. The quantitative estimate of drug-likeness (QED) is 0.739. The molecular formula is C12H11N3O2. The highest BCUT2D eigenvalue weighted by atomic mass is 16.4. The van der Waals surface area contributed by atoms with Crippen molar-refractivity contribution in [2.45, 2.75) is 13.0 Å². The van der Waals surface area contributed by atoms with Gasteiger partial charge in [-0.3, -0.25) is 4.90 Å². The molecule has 1 aliphatic heterocycles. The number of aromatic nitrogens is 2. The lowest BCUT2D eigenvalue weighted by Crippen LogP contribution is -2.27. The minimum atomic E-state index is -0.946. The lowest BCUT2D eigenvalue weighted by atomic mass is 10.1. The zero-order valence-electron chi connectivity index (χ0n) is 9.08. The van der Waals surface area contributed by atoms with Gasteiger partial charge in [-0.2, -0.15) is 5.10 Å². The van der Waals surface area contributed by atoms with E-state index in [2.05, 4.69) is 5.10 Å². The maximum atomic E-state index is 10.9. The van der Waals surface area contributed by atoms with Crippen LogP contribution < -0.4 is 0 Å². The molecule has 1 aromatic heterocycles. The van der Waals surface area contributed by atoms with Gasteiger partial charge in [0.25, 0.3) is 0 Å². The lowest BCUT2D eigenvalue weighted by Gasteiger charge is -2.19. The summed E-state index contributed by atoms with van der Waals surface area (Å²) in [5.74, 6) is 0. The molecule has 0 unspecified atom stereocenters. The Labute approximate surface area is 98.0 Å². The maximum absolute atomic E-state index is 10.9. The van der Waals surface area contributed by atoms with E-state index in [1.54, 1.807) is 10.9 Å². The number of allylic oxidation sites excluding steroid dienone is 3. The predicted molar refractivity (Wildman–Crippen MR) is 63.0 cm³/mol. The van der Waals surface area contributed by atoms with Gasteiger partial charge in [-0.1, -0.05) is 24.3 Å². The summed E-state index contributed by atoms with van der Waals surface area (Å²) in [6.07, 6.45) is 11.0. The third-order valence-electron chi connectivity index (χ3n) is 2.90. The molecule has 0 saturated carbocycles. The van der Waals surface area contributed by atoms with E-state index in [0.717, 1.165) is 23.4 Å². The van der Waals surface area contributed by atoms with Gasteiger partial charge in [-0.25, -0.2) is 9.48 Å². The van der Waals surface area contributed by atoms with E-state index < -0.39 is 6.09 Å². The van der Waals surface area contributed by atoms with Crippen molar-refractivity contribution in [3.63, 3.8) is 0 Å². The van der Waals surface area contributed by atoms with Crippen LogP contribution in [0.5, 0.6) is 0 Å². The molecule has 1 amide bonds. The van der Waals surface area contributed by atoms with Crippen LogP contribution in [0, 0.1) is 0 Å². The van der Waals surface area contributed by atoms with Crippen molar-refractivity contribution < 1.29 is 9.90 Å². The Hall–Kier alpha value is -2.30. The number of amides is 1. The third kappa shape index (κ3) is 1.56. The molecular weight excluding hydrogens is 218 g/mol. The Morgan fingerprint density at radius 1 is 1.35 bits per heavy atom. The van der Waals surface area contributed by atoms with Crippen molar-refractivity contribution >= 4 is 18.4 Å². The van der Waals surface area contributed by atoms with Gasteiger partial charge in [-0.05, 0) is 0 Å². The monoisotopic (exact) mass is 229 g/mol. The number of hydrogen-bond donors (Lipinski definition) is 1. The first-order valence-electron chi connectivity index (χ1n) is 5.37. The molecule has 1 N–H and O–H groups in total. The smallest absolute Gasteiger partial charge is 0.411 e. The summed E-state index contributed by atoms with van der Waals surface area (Å²) in [7, 11) is 0. The van der Waals surface area contributed by atoms with Crippen molar-refractivity contribution in [1.29, 1.82) is 0 Å². The Balaban J connectivity index is 2.06. The highest BCUT2D eigenvalue weighted by molar-refractivity contribution is 5.69. The summed E-state index contributed by atoms with van der Waals surface area (Å²) in [6, 6.07) is 0. The molecule has 86 valence electrons. The molecule has 3 rings (SSSR count). The van der Waals surface area contributed by atoms with Crippen LogP contribution in [0.15, 0.2) is 24.4 Å². The minimum Gasteiger partial charge on any atom is -0.465 e. The van der Waals surface area contributed by atoms with Gasteiger partial charge in [0.1, 0.15) is 0 Å². The Kier molecular flexibility index (Phi) is 2.11. The molecule has 0 radical (unpaired) electrons. The van der Waals surface area contributed by atoms with Crippen molar-refractivity contribution in [2.75, 3.05) is 0 Å². The van der Waals surface area contributed by atoms with E-state index in [0.29, 0.717) is 6.54 Å². The van der Waals surface area contributed by atoms with Crippen LogP contribution in [0.2, 0.25) is 0 Å². The largest absolute Gasteiger partial charge is 0.465 e. The van der Waals surface area contributed by atoms with Crippen LogP contribution in [0.3, 0.4) is 0 Å². The third-order valence-corrected chi connectivity index (χ3v) is 2.90. The van der Waals surface area contributed by atoms with Crippen LogP contribution in [0.25, 0.3) is 12.3 Å². The second kappa shape index (κ2) is 3.62. The molecule has 1 aliphatic carbocycles. The molecule has 1 aromatic rings. The number of hydrogen-bond acceptors (Lipinski definition) is 2. The van der Waals surface area contributed by atoms with Crippen molar-refractivity contribution in [2.24, 2.45) is 0 Å².